The molecule has 1 aromatic heterocycles. The van der Waals surface area contributed by atoms with Gasteiger partial charge in [0, 0.05) is 38.1 Å². The van der Waals surface area contributed by atoms with Crippen LogP contribution in [0.1, 0.15) is 18.7 Å². The number of nitrogens with one attached hydrogen (secondary N) is 1. The van der Waals surface area contributed by atoms with E-state index in [2.05, 4.69) is 19.8 Å². The van der Waals surface area contributed by atoms with Crippen LogP contribution < -0.4 is 5.32 Å². The van der Waals surface area contributed by atoms with E-state index in [1.807, 2.05) is 12.4 Å². The van der Waals surface area contributed by atoms with Crippen LogP contribution in [0.15, 0.2) is 12.4 Å². The predicted molar refractivity (Wildman–Crippen MR) is 69.5 cm³/mol. The van der Waals surface area contributed by atoms with Gasteiger partial charge in [0.2, 0.25) is 0 Å². The topological polar surface area (TPSA) is 59.4 Å². The summed E-state index contributed by atoms with van der Waals surface area (Å²) >= 11 is 0. The molecule has 2 aliphatic rings. The van der Waals surface area contributed by atoms with Gasteiger partial charge in [-0.3, -0.25) is 9.69 Å². The highest BCUT2D eigenvalue weighted by Crippen LogP contribution is 2.20. The molecule has 19 heavy (non-hydrogen) atoms. The second-order valence-electron chi connectivity index (χ2n) is 5.29. The van der Waals surface area contributed by atoms with Crippen LogP contribution in [0, 0.1) is 0 Å². The summed E-state index contributed by atoms with van der Waals surface area (Å²) in [5, 5.41) is 3.36. The number of nitrogens with zero attached hydrogens (tertiary/aromatic N) is 3. The first-order valence-corrected chi connectivity index (χ1v) is 6.82. The second-order valence-corrected chi connectivity index (χ2v) is 5.29. The number of hydrogen-bond donors (Lipinski definition) is 1. The van der Waals surface area contributed by atoms with E-state index in [9.17, 15) is 4.79 Å². The van der Waals surface area contributed by atoms with Crippen molar-refractivity contribution in [2.75, 3.05) is 20.2 Å². The van der Waals surface area contributed by atoms with Gasteiger partial charge in [-0.05, 0) is 12.8 Å². The zero-order valence-corrected chi connectivity index (χ0v) is 11.2. The first-order valence-electron chi connectivity index (χ1n) is 6.82. The molecule has 0 aromatic carbocycles. The molecule has 2 heterocycles. The summed E-state index contributed by atoms with van der Waals surface area (Å²) < 4.78 is 7.05. The van der Waals surface area contributed by atoms with E-state index in [1.54, 1.807) is 0 Å². The smallest absolute Gasteiger partial charge is 0.324 e. The Morgan fingerprint density at radius 2 is 2.42 bits per heavy atom. The van der Waals surface area contributed by atoms with Crippen molar-refractivity contribution in [3.8, 4) is 0 Å². The van der Waals surface area contributed by atoms with Crippen LogP contribution in [0.2, 0.25) is 0 Å². The minimum atomic E-state index is -0.223. The Hall–Kier alpha value is -1.40. The van der Waals surface area contributed by atoms with Gasteiger partial charge in [0.05, 0.1) is 13.7 Å². The monoisotopic (exact) mass is 264 g/mol. The fourth-order valence-electron chi connectivity index (χ4n) is 2.51. The molecule has 0 radical (unpaired) electrons. The molecule has 1 unspecified atom stereocenters. The van der Waals surface area contributed by atoms with Crippen LogP contribution >= 0.6 is 0 Å². The van der Waals surface area contributed by atoms with Crippen LogP contribution in [-0.4, -0.2) is 52.7 Å². The number of ether oxygens (including phenoxy) is 1. The van der Waals surface area contributed by atoms with Crippen LogP contribution in [0.25, 0.3) is 0 Å². The Balaban J connectivity index is 1.60. The van der Waals surface area contributed by atoms with Crippen molar-refractivity contribution >= 4 is 5.97 Å². The lowest BCUT2D eigenvalue weighted by Crippen LogP contribution is -2.49. The van der Waals surface area contributed by atoms with Crippen molar-refractivity contribution in [3.05, 3.63) is 18.2 Å². The molecule has 104 valence electrons. The van der Waals surface area contributed by atoms with Gasteiger partial charge >= 0.3 is 5.97 Å². The average Bonchev–Trinajstić information content (AvgIpc) is 3.12. The summed E-state index contributed by atoms with van der Waals surface area (Å²) in [6.07, 6.45) is 6.17. The highest BCUT2D eigenvalue weighted by molar-refractivity contribution is 5.76. The minimum Gasteiger partial charge on any atom is -0.468 e. The normalized spacial score (nSPS) is 20.9. The SMILES string of the molecule is COC(=O)C(CN1CCn2ccnc2C1)NC1CC1. The number of rotatable bonds is 5. The van der Waals surface area contributed by atoms with Gasteiger partial charge < -0.3 is 14.6 Å². The molecule has 1 atom stereocenters. The molecule has 1 aromatic rings. The molecule has 0 amide bonds. The van der Waals surface area contributed by atoms with Gasteiger partial charge in [-0.15, -0.1) is 0 Å². The van der Waals surface area contributed by atoms with E-state index in [1.165, 1.54) is 7.11 Å². The molecule has 0 saturated heterocycles. The van der Waals surface area contributed by atoms with Crippen molar-refractivity contribution < 1.29 is 9.53 Å². The lowest BCUT2D eigenvalue weighted by atomic mass is 10.2. The number of carbonyl (C=O) groups excluding carboxylic acids is 1. The number of esters is 1. The zero-order valence-electron chi connectivity index (χ0n) is 11.2. The fraction of sp³-hybridized carbons (Fsp3) is 0.692. The van der Waals surface area contributed by atoms with E-state index < -0.39 is 0 Å². The first kappa shape index (κ1) is 12.6. The third-order valence-electron chi connectivity index (χ3n) is 3.76. The van der Waals surface area contributed by atoms with Crippen LogP contribution in [0.4, 0.5) is 0 Å². The molecule has 1 aliphatic heterocycles. The first-order chi connectivity index (χ1) is 9.26. The summed E-state index contributed by atoms with van der Waals surface area (Å²) in [4.78, 5) is 18.4. The maximum absolute atomic E-state index is 11.8. The Kier molecular flexibility index (Phi) is 3.52. The van der Waals surface area contributed by atoms with Gasteiger partial charge in [0.1, 0.15) is 11.9 Å². The molecular formula is C13H20N4O2. The Bertz CT molecular complexity index is 455. The van der Waals surface area contributed by atoms with Crippen molar-refractivity contribution in [2.45, 2.75) is 38.0 Å². The number of methoxy groups -OCH3 is 1. The summed E-state index contributed by atoms with van der Waals surface area (Å²) in [5.41, 5.74) is 0. The average molecular weight is 264 g/mol. The van der Waals surface area contributed by atoms with Gasteiger partial charge in [0.25, 0.3) is 0 Å². The van der Waals surface area contributed by atoms with E-state index in [0.29, 0.717) is 12.6 Å². The Labute approximate surface area is 112 Å². The fourth-order valence-corrected chi connectivity index (χ4v) is 2.51. The molecule has 1 aliphatic carbocycles. The van der Waals surface area contributed by atoms with E-state index in [-0.39, 0.29) is 12.0 Å². The lowest BCUT2D eigenvalue weighted by Gasteiger charge is -2.30. The number of aromatic nitrogens is 2. The van der Waals surface area contributed by atoms with Gasteiger partial charge in [-0.25, -0.2) is 4.98 Å². The lowest BCUT2D eigenvalue weighted by molar-refractivity contribution is -0.143. The summed E-state index contributed by atoms with van der Waals surface area (Å²) in [6, 6.07) is 0.273. The molecule has 3 rings (SSSR count). The zero-order chi connectivity index (χ0) is 13.2. The van der Waals surface area contributed by atoms with E-state index in [0.717, 1.165) is 38.3 Å². The third kappa shape index (κ3) is 2.96. The number of fused-ring (bicyclic) bond motifs is 1. The molecule has 6 nitrogen and oxygen atoms in total. The van der Waals surface area contributed by atoms with Gasteiger partial charge in [-0.1, -0.05) is 0 Å². The third-order valence-corrected chi connectivity index (χ3v) is 3.76. The largest absolute Gasteiger partial charge is 0.468 e. The molecule has 0 spiro atoms. The maximum Gasteiger partial charge on any atom is 0.324 e. The number of hydrogen-bond acceptors (Lipinski definition) is 5. The van der Waals surface area contributed by atoms with Crippen LogP contribution in [-0.2, 0) is 22.6 Å². The quantitative estimate of drug-likeness (QED) is 0.758. The highest BCUT2D eigenvalue weighted by atomic mass is 16.5. The van der Waals surface area contributed by atoms with E-state index >= 15 is 0 Å². The number of carbonyl (C=O) groups is 1. The minimum absolute atomic E-state index is 0.166. The molecule has 1 N–H and O–H groups in total. The summed E-state index contributed by atoms with van der Waals surface area (Å²) in [7, 11) is 1.45. The van der Waals surface area contributed by atoms with Gasteiger partial charge in [-0.2, -0.15) is 0 Å². The molecule has 6 heteroatoms. The second kappa shape index (κ2) is 5.30. The maximum atomic E-state index is 11.8. The molecule has 1 fully saturated rings. The van der Waals surface area contributed by atoms with Crippen LogP contribution in [0.3, 0.4) is 0 Å². The standard InChI is InChI=1S/C13H20N4O2/c1-19-13(18)11(15-10-2-3-10)8-16-6-7-17-5-4-14-12(17)9-16/h4-5,10-11,15H,2-3,6-9H2,1H3. The highest BCUT2D eigenvalue weighted by Gasteiger charge is 2.31. The Morgan fingerprint density at radius 3 is 3.16 bits per heavy atom. The van der Waals surface area contributed by atoms with Crippen molar-refractivity contribution in [3.63, 3.8) is 0 Å². The van der Waals surface area contributed by atoms with Crippen molar-refractivity contribution in [2.24, 2.45) is 0 Å². The van der Waals surface area contributed by atoms with E-state index in [4.69, 9.17) is 4.74 Å². The Morgan fingerprint density at radius 1 is 1.58 bits per heavy atom. The van der Waals surface area contributed by atoms with Crippen LogP contribution in [0.5, 0.6) is 0 Å². The summed E-state index contributed by atoms with van der Waals surface area (Å²) in [5.74, 6) is 0.905. The number of imidazole rings is 1. The molecule has 0 bridgehead atoms. The predicted octanol–water partition coefficient (Wildman–Crippen LogP) is -0.00770. The molecule has 1 saturated carbocycles. The molecular weight excluding hydrogens is 244 g/mol. The summed E-state index contributed by atoms with van der Waals surface area (Å²) in [6.45, 7) is 3.37. The van der Waals surface area contributed by atoms with Crippen molar-refractivity contribution in [1.82, 2.24) is 19.8 Å². The van der Waals surface area contributed by atoms with Gasteiger partial charge in [0.15, 0.2) is 0 Å². The van der Waals surface area contributed by atoms with Crippen molar-refractivity contribution in [1.29, 1.82) is 0 Å².